The normalized spacial score (nSPS) is 10.7. The van der Waals surface area contributed by atoms with Crippen molar-refractivity contribution in [3.63, 3.8) is 0 Å². The van der Waals surface area contributed by atoms with Gasteiger partial charge in [0.05, 0.1) is 16.2 Å². The summed E-state index contributed by atoms with van der Waals surface area (Å²) in [7, 11) is 0. The van der Waals surface area contributed by atoms with Gasteiger partial charge in [0.2, 0.25) is 0 Å². The molecule has 0 aliphatic carbocycles. The van der Waals surface area contributed by atoms with E-state index in [1.807, 2.05) is 24.3 Å². The number of hydrogen-bond acceptors (Lipinski definition) is 3. The zero-order valence-electron chi connectivity index (χ0n) is 10.5. The van der Waals surface area contributed by atoms with Gasteiger partial charge in [-0.25, -0.2) is 0 Å². The first-order valence-corrected chi connectivity index (χ1v) is 6.47. The lowest BCUT2D eigenvalue weighted by Gasteiger charge is -2.05. The molecule has 2 N–H and O–H groups in total. The fourth-order valence-corrected chi connectivity index (χ4v) is 2.23. The molecule has 3 rings (SSSR count). The van der Waals surface area contributed by atoms with E-state index < -0.39 is 0 Å². The number of nitrogens with zero attached hydrogens (tertiary/aromatic N) is 1. The molecule has 3 aromatic rings. The zero-order valence-corrected chi connectivity index (χ0v) is 11.3. The van der Waals surface area contributed by atoms with Crippen molar-refractivity contribution in [3.8, 4) is 0 Å². The van der Waals surface area contributed by atoms with Crippen LogP contribution in [0.5, 0.6) is 0 Å². The van der Waals surface area contributed by atoms with Crippen molar-refractivity contribution in [3.05, 3.63) is 70.9 Å². The molecule has 0 spiro atoms. The van der Waals surface area contributed by atoms with Crippen LogP contribution in [0, 0.1) is 0 Å². The summed E-state index contributed by atoms with van der Waals surface area (Å²) >= 11 is 5.95. The highest BCUT2D eigenvalue weighted by Gasteiger charge is 2.11. The van der Waals surface area contributed by atoms with Crippen molar-refractivity contribution in [1.29, 1.82) is 0 Å². The van der Waals surface area contributed by atoms with Crippen molar-refractivity contribution in [2.45, 2.75) is 0 Å². The van der Waals surface area contributed by atoms with Gasteiger partial charge in [-0.1, -0.05) is 17.7 Å². The second kappa shape index (κ2) is 4.94. The summed E-state index contributed by atoms with van der Waals surface area (Å²) in [5, 5.41) is 1.32. The number of anilines is 1. The number of carbonyl (C=O) groups is 1. The zero-order chi connectivity index (χ0) is 14.1. The lowest BCUT2D eigenvalue weighted by molar-refractivity contribution is 0.103. The predicted octanol–water partition coefficient (Wildman–Crippen LogP) is 3.70. The number of ketones is 1. The van der Waals surface area contributed by atoms with E-state index in [0.29, 0.717) is 21.8 Å². The number of nitrogen functional groups attached to an aromatic ring is 1. The first kappa shape index (κ1) is 12.6. The second-order valence-electron chi connectivity index (χ2n) is 4.48. The van der Waals surface area contributed by atoms with Crippen LogP contribution >= 0.6 is 11.6 Å². The van der Waals surface area contributed by atoms with Crippen LogP contribution < -0.4 is 5.73 Å². The fourth-order valence-electron chi connectivity index (χ4n) is 2.05. The molecule has 0 radical (unpaired) electrons. The number of rotatable bonds is 2. The van der Waals surface area contributed by atoms with Crippen molar-refractivity contribution in [1.82, 2.24) is 4.98 Å². The van der Waals surface area contributed by atoms with Gasteiger partial charge in [-0.05, 0) is 42.5 Å². The molecular weight excluding hydrogens is 272 g/mol. The molecule has 0 unspecified atom stereocenters. The summed E-state index contributed by atoms with van der Waals surface area (Å²) in [5.41, 5.74) is 8.10. The molecule has 2 aromatic carbocycles. The molecule has 0 aliphatic rings. The van der Waals surface area contributed by atoms with Crippen LogP contribution in [0.1, 0.15) is 15.9 Å². The molecule has 20 heavy (non-hydrogen) atoms. The lowest BCUT2D eigenvalue weighted by Crippen LogP contribution is -2.02. The van der Waals surface area contributed by atoms with Crippen molar-refractivity contribution < 1.29 is 4.79 Å². The second-order valence-corrected chi connectivity index (χ2v) is 4.88. The minimum atomic E-state index is -0.0855. The molecule has 1 aromatic heterocycles. The highest BCUT2D eigenvalue weighted by Crippen LogP contribution is 2.22. The molecule has 0 fully saturated rings. The molecule has 3 nitrogen and oxygen atoms in total. The Hall–Kier alpha value is -2.39. The Kier molecular flexibility index (Phi) is 3.12. The third kappa shape index (κ3) is 2.24. The number of nitrogens with two attached hydrogens (primary N) is 1. The van der Waals surface area contributed by atoms with Crippen molar-refractivity contribution in [2.24, 2.45) is 0 Å². The molecule has 0 saturated carbocycles. The van der Waals surface area contributed by atoms with Crippen LogP contribution in [0.3, 0.4) is 0 Å². The molecule has 0 saturated heterocycles. The Balaban J connectivity index is 2.05. The average Bonchev–Trinajstić information content (AvgIpc) is 2.49. The lowest BCUT2D eigenvalue weighted by atomic mass is 10.0. The first-order chi connectivity index (χ1) is 9.65. The van der Waals surface area contributed by atoms with Gasteiger partial charge in [0, 0.05) is 22.7 Å². The van der Waals surface area contributed by atoms with E-state index >= 15 is 0 Å². The van der Waals surface area contributed by atoms with Gasteiger partial charge in [-0.15, -0.1) is 0 Å². The van der Waals surface area contributed by atoms with Gasteiger partial charge in [-0.3, -0.25) is 9.78 Å². The first-order valence-electron chi connectivity index (χ1n) is 6.09. The fraction of sp³-hybridized carbons (Fsp3) is 0. The summed E-state index contributed by atoms with van der Waals surface area (Å²) in [4.78, 5) is 16.7. The summed E-state index contributed by atoms with van der Waals surface area (Å²) in [6.45, 7) is 0. The van der Waals surface area contributed by atoms with Gasteiger partial charge < -0.3 is 5.73 Å². The number of halogens is 1. The number of aromatic nitrogens is 1. The molecule has 4 heteroatoms. The van der Waals surface area contributed by atoms with Crippen LogP contribution in [0.4, 0.5) is 5.69 Å². The number of pyridine rings is 1. The number of benzene rings is 2. The standard InChI is InChI=1S/C16H11ClN2O/c17-13-9-12(3-5-14(13)18)16(20)11-4-6-15-10(8-11)2-1-7-19-15/h1-9H,18H2. The quantitative estimate of drug-likeness (QED) is 0.576. The van der Waals surface area contributed by atoms with Crippen LogP contribution in [-0.2, 0) is 0 Å². The van der Waals surface area contributed by atoms with E-state index in [1.54, 1.807) is 30.5 Å². The average molecular weight is 283 g/mol. The van der Waals surface area contributed by atoms with E-state index in [4.69, 9.17) is 17.3 Å². The maximum atomic E-state index is 12.4. The van der Waals surface area contributed by atoms with Crippen molar-refractivity contribution in [2.75, 3.05) is 5.73 Å². The van der Waals surface area contributed by atoms with E-state index in [9.17, 15) is 4.79 Å². The summed E-state index contributed by atoms with van der Waals surface area (Å²) < 4.78 is 0. The predicted molar refractivity (Wildman–Crippen MR) is 81.0 cm³/mol. The van der Waals surface area contributed by atoms with Crippen LogP contribution in [0.15, 0.2) is 54.7 Å². The van der Waals surface area contributed by atoms with E-state index in [1.165, 1.54) is 0 Å². The van der Waals surface area contributed by atoms with E-state index in [0.717, 1.165) is 10.9 Å². The van der Waals surface area contributed by atoms with Crippen LogP contribution in [0.25, 0.3) is 10.9 Å². The third-order valence-corrected chi connectivity index (χ3v) is 3.46. The Morgan fingerprint density at radius 2 is 1.80 bits per heavy atom. The molecule has 0 bridgehead atoms. The van der Waals surface area contributed by atoms with E-state index in [2.05, 4.69) is 4.98 Å². The highest BCUT2D eigenvalue weighted by atomic mass is 35.5. The van der Waals surface area contributed by atoms with Crippen LogP contribution in [0.2, 0.25) is 5.02 Å². The third-order valence-electron chi connectivity index (χ3n) is 3.13. The minimum Gasteiger partial charge on any atom is -0.398 e. The number of carbonyl (C=O) groups excluding carboxylic acids is 1. The Labute approximate surface area is 121 Å². The Bertz CT molecular complexity index is 814. The largest absolute Gasteiger partial charge is 0.398 e. The summed E-state index contributed by atoms with van der Waals surface area (Å²) in [5.74, 6) is -0.0855. The molecular formula is C16H11ClN2O. The highest BCUT2D eigenvalue weighted by molar-refractivity contribution is 6.33. The van der Waals surface area contributed by atoms with Gasteiger partial charge in [0.1, 0.15) is 0 Å². The smallest absolute Gasteiger partial charge is 0.193 e. The maximum Gasteiger partial charge on any atom is 0.193 e. The minimum absolute atomic E-state index is 0.0855. The van der Waals surface area contributed by atoms with E-state index in [-0.39, 0.29) is 5.78 Å². The van der Waals surface area contributed by atoms with Gasteiger partial charge in [0.15, 0.2) is 5.78 Å². The molecule has 0 amide bonds. The number of hydrogen-bond donors (Lipinski definition) is 1. The Morgan fingerprint density at radius 3 is 2.60 bits per heavy atom. The topological polar surface area (TPSA) is 56.0 Å². The monoisotopic (exact) mass is 282 g/mol. The summed E-state index contributed by atoms with van der Waals surface area (Å²) in [6.07, 6.45) is 1.73. The summed E-state index contributed by atoms with van der Waals surface area (Å²) in [6, 6.07) is 14.1. The Morgan fingerprint density at radius 1 is 1.05 bits per heavy atom. The van der Waals surface area contributed by atoms with Gasteiger partial charge >= 0.3 is 0 Å². The number of fused-ring (bicyclic) bond motifs is 1. The molecule has 1 heterocycles. The van der Waals surface area contributed by atoms with Gasteiger partial charge in [0.25, 0.3) is 0 Å². The maximum absolute atomic E-state index is 12.4. The molecule has 98 valence electrons. The van der Waals surface area contributed by atoms with Gasteiger partial charge in [-0.2, -0.15) is 0 Å². The molecule has 0 aliphatic heterocycles. The SMILES string of the molecule is Nc1ccc(C(=O)c2ccc3ncccc3c2)cc1Cl. The molecule has 0 atom stereocenters. The van der Waals surface area contributed by atoms with Crippen molar-refractivity contribution >= 4 is 34.0 Å². The van der Waals surface area contributed by atoms with Crippen LogP contribution in [-0.4, -0.2) is 10.8 Å².